The largest absolute Gasteiger partial charge is 0.490 e. The van der Waals surface area contributed by atoms with E-state index in [0.29, 0.717) is 17.9 Å². The zero-order chi connectivity index (χ0) is 19.2. The minimum atomic E-state index is -0.588. The number of carbonyl (C=O) groups is 1. The van der Waals surface area contributed by atoms with Gasteiger partial charge in [0.05, 0.1) is 5.56 Å². The highest BCUT2D eigenvalue weighted by Gasteiger charge is 2.20. The molecule has 3 rings (SSSR count). The fourth-order valence-corrected chi connectivity index (χ4v) is 3.51. The van der Waals surface area contributed by atoms with E-state index >= 15 is 0 Å². The zero-order valence-corrected chi connectivity index (χ0v) is 16.1. The van der Waals surface area contributed by atoms with E-state index in [1.165, 1.54) is 18.2 Å². The number of hydrogen-bond acceptors (Lipinski definition) is 5. The quantitative estimate of drug-likeness (QED) is 0.762. The molecule has 5 heteroatoms. The number of rotatable bonds is 7. The minimum absolute atomic E-state index is 0.0348. The Kier molecular flexibility index (Phi) is 6.48. The number of aliphatic hydroxyl groups excluding tert-OH is 1. The van der Waals surface area contributed by atoms with Crippen LogP contribution in [0.2, 0.25) is 0 Å². The first-order valence-corrected chi connectivity index (χ1v) is 9.48. The van der Waals surface area contributed by atoms with E-state index in [1.807, 2.05) is 12.1 Å². The van der Waals surface area contributed by atoms with Gasteiger partial charge in [-0.25, -0.2) is 0 Å². The summed E-state index contributed by atoms with van der Waals surface area (Å²) in [5.41, 5.74) is 3.14. The molecule has 27 heavy (non-hydrogen) atoms. The summed E-state index contributed by atoms with van der Waals surface area (Å²) in [7, 11) is 0. The maximum Gasteiger partial charge on any atom is 0.163 e. The predicted octanol–water partition coefficient (Wildman–Crippen LogP) is 2.76. The molecule has 2 aromatic rings. The van der Waals surface area contributed by atoms with E-state index in [9.17, 15) is 9.90 Å². The van der Waals surface area contributed by atoms with Crippen molar-refractivity contribution in [3.8, 4) is 5.75 Å². The highest BCUT2D eigenvalue weighted by molar-refractivity contribution is 5.96. The molecule has 0 amide bonds. The lowest BCUT2D eigenvalue weighted by Crippen LogP contribution is -2.49. The van der Waals surface area contributed by atoms with Crippen LogP contribution in [0, 0.1) is 6.92 Å². The van der Waals surface area contributed by atoms with Gasteiger partial charge in [0, 0.05) is 38.4 Å². The highest BCUT2D eigenvalue weighted by atomic mass is 16.5. The van der Waals surface area contributed by atoms with Crippen molar-refractivity contribution < 1.29 is 14.6 Å². The fourth-order valence-electron chi connectivity index (χ4n) is 3.51. The SMILES string of the molecule is CC(=O)c1ccccc1OC[C@H](O)CN1CCN(c2ccccc2C)CC1. The fraction of sp³-hybridized carbons (Fsp3) is 0.409. The van der Waals surface area contributed by atoms with Crippen LogP contribution in [0.15, 0.2) is 48.5 Å². The van der Waals surface area contributed by atoms with Crippen molar-refractivity contribution in [2.45, 2.75) is 20.0 Å². The number of carbonyl (C=O) groups excluding carboxylic acids is 1. The number of nitrogens with zero attached hydrogens (tertiary/aromatic N) is 2. The maximum atomic E-state index is 11.6. The van der Waals surface area contributed by atoms with Gasteiger partial charge in [-0.1, -0.05) is 30.3 Å². The van der Waals surface area contributed by atoms with Crippen LogP contribution in [-0.2, 0) is 0 Å². The Hall–Kier alpha value is -2.37. The van der Waals surface area contributed by atoms with Crippen LogP contribution >= 0.6 is 0 Å². The molecule has 0 saturated carbocycles. The first-order chi connectivity index (χ1) is 13.0. The molecule has 1 aliphatic heterocycles. The topological polar surface area (TPSA) is 53.0 Å². The molecular weight excluding hydrogens is 340 g/mol. The first kappa shape index (κ1) is 19.4. The van der Waals surface area contributed by atoms with Crippen molar-refractivity contribution in [1.82, 2.24) is 4.90 Å². The van der Waals surface area contributed by atoms with Gasteiger partial charge in [-0.05, 0) is 37.6 Å². The normalized spacial score (nSPS) is 16.2. The van der Waals surface area contributed by atoms with E-state index in [0.717, 1.165) is 26.2 Å². The minimum Gasteiger partial charge on any atom is -0.490 e. The zero-order valence-electron chi connectivity index (χ0n) is 16.1. The van der Waals surface area contributed by atoms with E-state index < -0.39 is 6.10 Å². The van der Waals surface area contributed by atoms with Crippen LogP contribution in [0.3, 0.4) is 0 Å². The second kappa shape index (κ2) is 9.02. The molecule has 1 atom stereocenters. The molecule has 0 unspecified atom stereocenters. The van der Waals surface area contributed by atoms with Crippen molar-refractivity contribution in [2.75, 3.05) is 44.2 Å². The molecule has 0 radical (unpaired) electrons. The average Bonchev–Trinajstić information content (AvgIpc) is 2.68. The molecule has 5 nitrogen and oxygen atoms in total. The van der Waals surface area contributed by atoms with E-state index in [-0.39, 0.29) is 12.4 Å². The number of piperazine rings is 1. The number of benzene rings is 2. The van der Waals surface area contributed by atoms with Crippen LogP contribution in [0.25, 0.3) is 0 Å². The lowest BCUT2D eigenvalue weighted by Gasteiger charge is -2.37. The van der Waals surface area contributed by atoms with E-state index in [1.54, 1.807) is 12.1 Å². The third kappa shape index (κ3) is 5.08. The van der Waals surface area contributed by atoms with Gasteiger partial charge in [-0.15, -0.1) is 0 Å². The van der Waals surface area contributed by atoms with Gasteiger partial charge in [0.25, 0.3) is 0 Å². The molecule has 0 spiro atoms. The number of hydrogen-bond donors (Lipinski definition) is 1. The van der Waals surface area contributed by atoms with E-state index in [2.05, 4.69) is 41.0 Å². The van der Waals surface area contributed by atoms with Gasteiger partial charge in [0.15, 0.2) is 5.78 Å². The lowest BCUT2D eigenvalue weighted by atomic mass is 10.1. The smallest absolute Gasteiger partial charge is 0.163 e. The Labute approximate surface area is 161 Å². The standard InChI is InChI=1S/C22H28N2O3/c1-17-7-3-5-9-21(17)24-13-11-23(12-14-24)15-19(26)16-27-22-10-6-4-8-20(22)18(2)25/h3-10,19,26H,11-16H2,1-2H3/t19-/m1/s1. The summed E-state index contributed by atoms with van der Waals surface area (Å²) in [6.45, 7) is 8.14. The molecular formula is C22H28N2O3. The predicted molar refractivity (Wildman–Crippen MR) is 108 cm³/mol. The Morgan fingerprint density at radius 2 is 1.74 bits per heavy atom. The molecule has 144 valence electrons. The maximum absolute atomic E-state index is 11.6. The van der Waals surface area contributed by atoms with Crippen molar-refractivity contribution in [3.05, 3.63) is 59.7 Å². The number of aryl methyl sites for hydroxylation is 1. The van der Waals surface area contributed by atoms with Crippen molar-refractivity contribution in [3.63, 3.8) is 0 Å². The summed E-state index contributed by atoms with van der Waals surface area (Å²) >= 11 is 0. The molecule has 1 fully saturated rings. The van der Waals surface area contributed by atoms with Gasteiger partial charge < -0.3 is 14.7 Å². The number of Topliss-reactive ketones (excluding diaryl/α,β-unsaturated/α-hetero) is 1. The summed E-state index contributed by atoms with van der Waals surface area (Å²) in [5.74, 6) is 0.501. The Bertz CT molecular complexity index is 770. The van der Waals surface area contributed by atoms with Crippen LogP contribution in [0.5, 0.6) is 5.75 Å². The van der Waals surface area contributed by atoms with Crippen molar-refractivity contribution >= 4 is 11.5 Å². The summed E-state index contributed by atoms with van der Waals surface area (Å²) < 4.78 is 5.70. The third-order valence-electron chi connectivity index (χ3n) is 4.99. The molecule has 1 N–H and O–H groups in total. The molecule has 0 aliphatic carbocycles. The lowest BCUT2D eigenvalue weighted by molar-refractivity contribution is 0.0656. The molecule has 0 aromatic heterocycles. The second-order valence-electron chi connectivity index (χ2n) is 7.09. The number of ether oxygens (including phenoxy) is 1. The van der Waals surface area contributed by atoms with Gasteiger partial charge in [0.1, 0.15) is 18.5 Å². The number of ketones is 1. The monoisotopic (exact) mass is 368 g/mol. The van der Waals surface area contributed by atoms with Crippen molar-refractivity contribution in [1.29, 1.82) is 0 Å². The highest BCUT2D eigenvalue weighted by Crippen LogP contribution is 2.21. The van der Waals surface area contributed by atoms with Crippen molar-refractivity contribution in [2.24, 2.45) is 0 Å². The van der Waals surface area contributed by atoms with Crippen LogP contribution in [0.1, 0.15) is 22.8 Å². The van der Waals surface area contributed by atoms with Crippen LogP contribution in [-0.4, -0.2) is 61.2 Å². The summed E-state index contributed by atoms with van der Waals surface area (Å²) in [6.07, 6.45) is -0.588. The van der Waals surface area contributed by atoms with Gasteiger partial charge in [-0.2, -0.15) is 0 Å². The Balaban J connectivity index is 1.47. The summed E-state index contributed by atoms with van der Waals surface area (Å²) in [6, 6.07) is 15.6. The van der Waals surface area contributed by atoms with Gasteiger partial charge in [-0.3, -0.25) is 9.69 Å². The molecule has 2 aromatic carbocycles. The summed E-state index contributed by atoms with van der Waals surface area (Å²) in [5, 5.41) is 10.4. The van der Waals surface area contributed by atoms with Crippen LogP contribution < -0.4 is 9.64 Å². The number of anilines is 1. The number of para-hydroxylation sites is 2. The third-order valence-corrected chi connectivity index (χ3v) is 4.99. The number of β-amino-alcohol motifs (C(OH)–C–C–N with tert-alkyl or cyclic N) is 1. The van der Waals surface area contributed by atoms with Crippen LogP contribution in [0.4, 0.5) is 5.69 Å². The Morgan fingerprint density at radius 3 is 2.44 bits per heavy atom. The molecule has 1 aliphatic rings. The van der Waals surface area contributed by atoms with Gasteiger partial charge >= 0.3 is 0 Å². The second-order valence-corrected chi connectivity index (χ2v) is 7.09. The summed E-state index contributed by atoms with van der Waals surface area (Å²) in [4.78, 5) is 16.3. The number of aliphatic hydroxyl groups is 1. The molecule has 1 saturated heterocycles. The van der Waals surface area contributed by atoms with Gasteiger partial charge in [0.2, 0.25) is 0 Å². The first-order valence-electron chi connectivity index (χ1n) is 9.48. The molecule has 0 bridgehead atoms. The molecule has 1 heterocycles. The van der Waals surface area contributed by atoms with E-state index in [4.69, 9.17) is 4.74 Å². The average molecular weight is 368 g/mol. The Morgan fingerprint density at radius 1 is 1.07 bits per heavy atom.